The molecule has 0 saturated carbocycles. The number of aliphatic hydroxyl groups excluding tert-OH is 1. The van der Waals surface area contributed by atoms with Crippen molar-refractivity contribution in [2.75, 3.05) is 26.6 Å². The van der Waals surface area contributed by atoms with E-state index in [4.69, 9.17) is 14.5 Å². The van der Waals surface area contributed by atoms with E-state index >= 15 is 0 Å². The van der Waals surface area contributed by atoms with Gasteiger partial charge in [0.2, 0.25) is 6.79 Å². The maximum Gasteiger partial charge on any atom is 0.231 e. The second-order valence-electron chi connectivity index (χ2n) is 7.65. The molecule has 0 amide bonds. The fourth-order valence-corrected chi connectivity index (χ4v) is 4.87. The number of carbonyl (C=O) groups excluding carboxylic acids is 1. The molecule has 8 heteroatoms. The highest BCUT2D eigenvalue weighted by molar-refractivity contribution is 8.22. The molecule has 0 fully saturated rings. The molecule has 0 radical (unpaired) electrons. The first-order chi connectivity index (χ1) is 15.2. The maximum atomic E-state index is 11.2. The first-order valence-corrected chi connectivity index (χ1v) is 11.1. The standard InChI is InChI=1S/C23H23N3O4S/c27-12-16(13-28)8-9-25-14-26-11-21(17-4-2-1-3-5-17)31-23(26)24-22(25)18-6-7-19-20(10-18)30-15-29-19/h1-7,10-12,16,22,28H,8-9,13-15H2. The van der Waals surface area contributed by atoms with E-state index in [0.717, 1.165) is 39.0 Å². The van der Waals surface area contributed by atoms with Crippen LogP contribution in [0.15, 0.2) is 59.7 Å². The Labute approximate surface area is 185 Å². The van der Waals surface area contributed by atoms with Gasteiger partial charge in [0.15, 0.2) is 16.7 Å². The van der Waals surface area contributed by atoms with E-state index in [1.165, 1.54) is 0 Å². The number of carbonyl (C=O) groups is 1. The number of nitrogens with zero attached hydrogens (tertiary/aromatic N) is 3. The second-order valence-corrected chi connectivity index (χ2v) is 8.66. The van der Waals surface area contributed by atoms with Crippen LogP contribution in [0.25, 0.3) is 4.91 Å². The molecule has 31 heavy (non-hydrogen) atoms. The van der Waals surface area contributed by atoms with E-state index in [2.05, 4.69) is 28.1 Å². The largest absolute Gasteiger partial charge is 0.454 e. The lowest BCUT2D eigenvalue weighted by molar-refractivity contribution is -0.112. The molecule has 3 aliphatic rings. The Morgan fingerprint density at radius 3 is 2.84 bits per heavy atom. The topological polar surface area (TPSA) is 74.6 Å². The third-order valence-electron chi connectivity index (χ3n) is 5.60. The van der Waals surface area contributed by atoms with Gasteiger partial charge in [0.1, 0.15) is 12.5 Å². The van der Waals surface area contributed by atoms with Gasteiger partial charge in [-0.1, -0.05) is 36.4 Å². The van der Waals surface area contributed by atoms with Gasteiger partial charge in [0.05, 0.1) is 13.3 Å². The highest BCUT2D eigenvalue weighted by Gasteiger charge is 2.34. The minimum Gasteiger partial charge on any atom is -0.454 e. The lowest BCUT2D eigenvalue weighted by Gasteiger charge is -2.37. The quantitative estimate of drug-likeness (QED) is 0.666. The molecule has 0 aromatic heterocycles. The minimum atomic E-state index is -0.369. The van der Waals surface area contributed by atoms with Crippen molar-refractivity contribution >= 4 is 28.1 Å². The Balaban J connectivity index is 1.44. The van der Waals surface area contributed by atoms with Gasteiger partial charge in [-0.05, 0) is 41.4 Å². The predicted molar refractivity (Wildman–Crippen MR) is 119 cm³/mol. The molecule has 1 N–H and O–H groups in total. The van der Waals surface area contributed by atoms with Gasteiger partial charge in [-0.3, -0.25) is 4.90 Å². The molecule has 5 rings (SSSR count). The van der Waals surface area contributed by atoms with E-state index in [9.17, 15) is 9.90 Å². The van der Waals surface area contributed by atoms with Crippen LogP contribution in [0, 0.1) is 5.92 Å². The lowest BCUT2D eigenvalue weighted by atomic mass is 10.1. The zero-order valence-electron chi connectivity index (χ0n) is 16.9. The number of aliphatic imine (C=N–C) groups is 1. The number of aliphatic hydroxyl groups is 1. The molecular formula is C23H23N3O4S. The van der Waals surface area contributed by atoms with Crippen molar-refractivity contribution < 1.29 is 19.4 Å². The number of rotatable bonds is 7. The summed E-state index contributed by atoms with van der Waals surface area (Å²) in [6.07, 6.45) is 3.32. The van der Waals surface area contributed by atoms with Crippen LogP contribution in [0.3, 0.4) is 0 Å². The molecule has 2 aromatic carbocycles. The Bertz CT molecular complexity index is 1030. The normalized spacial score (nSPS) is 20.8. The van der Waals surface area contributed by atoms with Crippen molar-refractivity contribution in [3.8, 4) is 11.5 Å². The highest BCUT2D eigenvalue weighted by atomic mass is 32.2. The number of ether oxygens (including phenoxy) is 2. The van der Waals surface area contributed by atoms with Crippen molar-refractivity contribution in [1.29, 1.82) is 0 Å². The van der Waals surface area contributed by atoms with Crippen LogP contribution < -0.4 is 9.47 Å². The first-order valence-electron chi connectivity index (χ1n) is 10.2. The minimum absolute atomic E-state index is 0.141. The van der Waals surface area contributed by atoms with Crippen molar-refractivity contribution in [3.05, 3.63) is 65.9 Å². The molecule has 3 aliphatic heterocycles. The number of fused-ring (bicyclic) bond motifs is 2. The summed E-state index contributed by atoms with van der Waals surface area (Å²) in [6.45, 7) is 1.37. The number of hydrogen-bond donors (Lipinski definition) is 1. The zero-order valence-corrected chi connectivity index (χ0v) is 17.7. The van der Waals surface area contributed by atoms with Crippen LogP contribution in [-0.2, 0) is 4.79 Å². The van der Waals surface area contributed by atoms with Crippen molar-refractivity contribution in [1.82, 2.24) is 9.80 Å². The predicted octanol–water partition coefficient (Wildman–Crippen LogP) is 3.29. The lowest BCUT2D eigenvalue weighted by Crippen LogP contribution is -2.43. The van der Waals surface area contributed by atoms with Gasteiger partial charge in [0, 0.05) is 23.6 Å². The van der Waals surface area contributed by atoms with Crippen molar-refractivity contribution in [2.24, 2.45) is 10.9 Å². The van der Waals surface area contributed by atoms with Crippen LogP contribution >= 0.6 is 11.8 Å². The van der Waals surface area contributed by atoms with Crippen LogP contribution in [0.5, 0.6) is 11.5 Å². The Kier molecular flexibility index (Phi) is 5.67. The Morgan fingerprint density at radius 1 is 1.19 bits per heavy atom. The third-order valence-corrected chi connectivity index (χ3v) is 6.68. The molecular weight excluding hydrogens is 414 g/mol. The van der Waals surface area contributed by atoms with Gasteiger partial charge >= 0.3 is 0 Å². The molecule has 2 aromatic rings. The summed E-state index contributed by atoms with van der Waals surface area (Å²) in [6, 6.07) is 16.2. The highest BCUT2D eigenvalue weighted by Crippen LogP contribution is 2.42. The molecule has 7 nitrogen and oxygen atoms in total. The SMILES string of the molecule is O=CC(CO)CCN1CN2C=C(c3ccccc3)SC2=NC1c1ccc2c(c1)OCO2. The van der Waals surface area contributed by atoms with Gasteiger partial charge in [-0.15, -0.1) is 0 Å². The average Bonchev–Trinajstić information content (AvgIpc) is 3.45. The van der Waals surface area contributed by atoms with Crippen molar-refractivity contribution in [3.63, 3.8) is 0 Å². The molecule has 160 valence electrons. The molecule has 2 unspecified atom stereocenters. The summed E-state index contributed by atoms with van der Waals surface area (Å²) in [4.78, 5) is 21.8. The van der Waals surface area contributed by atoms with Crippen molar-refractivity contribution in [2.45, 2.75) is 12.6 Å². The van der Waals surface area contributed by atoms with E-state index in [0.29, 0.717) is 19.6 Å². The number of benzene rings is 2. The Morgan fingerprint density at radius 2 is 2.03 bits per heavy atom. The fourth-order valence-electron chi connectivity index (χ4n) is 3.86. The van der Waals surface area contributed by atoms with Crippen LogP contribution in [0.2, 0.25) is 0 Å². The maximum absolute atomic E-state index is 11.2. The molecule has 0 aliphatic carbocycles. The van der Waals surface area contributed by atoms with Gasteiger partial charge in [0.25, 0.3) is 0 Å². The van der Waals surface area contributed by atoms with Crippen LogP contribution in [-0.4, -0.2) is 53.0 Å². The van der Waals surface area contributed by atoms with Gasteiger partial charge < -0.3 is 24.3 Å². The zero-order chi connectivity index (χ0) is 21.2. The molecule has 0 saturated heterocycles. The summed E-state index contributed by atoms with van der Waals surface area (Å²) in [5, 5.41) is 10.4. The van der Waals surface area contributed by atoms with Gasteiger partial charge in [-0.2, -0.15) is 0 Å². The fraction of sp³-hybridized carbons (Fsp3) is 0.304. The molecule has 2 atom stereocenters. The van der Waals surface area contributed by atoms with Crippen LogP contribution in [0.1, 0.15) is 23.7 Å². The number of aldehydes is 1. The smallest absolute Gasteiger partial charge is 0.231 e. The number of amidine groups is 1. The summed E-state index contributed by atoms with van der Waals surface area (Å²) < 4.78 is 11.0. The summed E-state index contributed by atoms with van der Waals surface area (Å²) in [7, 11) is 0. The third kappa shape index (κ3) is 4.06. The van der Waals surface area contributed by atoms with E-state index in [1.807, 2.05) is 36.4 Å². The first kappa shape index (κ1) is 20.1. The van der Waals surface area contributed by atoms with Gasteiger partial charge in [-0.25, -0.2) is 4.99 Å². The van der Waals surface area contributed by atoms with E-state index < -0.39 is 0 Å². The molecule has 3 heterocycles. The summed E-state index contributed by atoms with van der Waals surface area (Å²) in [5.74, 6) is 1.10. The summed E-state index contributed by atoms with van der Waals surface area (Å²) in [5.41, 5.74) is 2.17. The second kappa shape index (κ2) is 8.74. The van der Waals surface area contributed by atoms with E-state index in [-0.39, 0.29) is 25.5 Å². The number of hydrogen-bond acceptors (Lipinski definition) is 8. The Hall–Kier alpha value is -2.81. The number of thioether (sulfide) groups is 1. The molecule has 0 spiro atoms. The monoisotopic (exact) mass is 437 g/mol. The molecule has 0 bridgehead atoms. The van der Waals surface area contributed by atoms with Crippen LogP contribution in [0.4, 0.5) is 0 Å². The summed E-state index contributed by atoms with van der Waals surface area (Å²) >= 11 is 1.67. The average molecular weight is 438 g/mol. The van der Waals surface area contributed by atoms with E-state index in [1.54, 1.807) is 11.8 Å².